The summed E-state index contributed by atoms with van der Waals surface area (Å²) in [5.41, 5.74) is 1.89. The molecule has 4 unspecified atom stereocenters. The van der Waals surface area contributed by atoms with Crippen molar-refractivity contribution in [2.75, 3.05) is 5.32 Å². The van der Waals surface area contributed by atoms with Gasteiger partial charge in [0.05, 0.1) is 5.03 Å². The van der Waals surface area contributed by atoms with Crippen LogP contribution in [0.4, 0.5) is 5.69 Å². The fraction of sp³-hybridized carbons (Fsp3) is 0.360. The van der Waals surface area contributed by atoms with E-state index in [2.05, 4.69) is 17.4 Å². The molecule has 170 valence electrons. The maximum atomic E-state index is 13.1. The molecule has 8 heteroatoms. The van der Waals surface area contributed by atoms with Crippen LogP contribution in [0.3, 0.4) is 0 Å². The van der Waals surface area contributed by atoms with Crippen LogP contribution in [0.25, 0.3) is 0 Å². The fourth-order valence-electron chi connectivity index (χ4n) is 6.01. The van der Waals surface area contributed by atoms with Gasteiger partial charge in [0.2, 0.25) is 5.91 Å². The highest BCUT2D eigenvalue weighted by atomic mass is 35.5. The molecular weight excluding hydrogens is 495 g/mol. The summed E-state index contributed by atoms with van der Waals surface area (Å²) in [6.07, 6.45) is 3.83. The van der Waals surface area contributed by atoms with E-state index >= 15 is 0 Å². The van der Waals surface area contributed by atoms with E-state index in [1.807, 2.05) is 23.9 Å². The smallest absolute Gasteiger partial charge is 0.308 e. The van der Waals surface area contributed by atoms with Gasteiger partial charge in [0.1, 0.15) is 6.54 Å². The van der Waals surface area contributed by atoms with Crippen molar-refractivity contribution in [1.29, 1.82) is 0 Å². The van der Waals surface area contributed by atoms with Crippen LogP contribution >= 0.6 is 46.3 Å². The predicted molar refractivity (Wildman–Crippen MR) is 136 cm³/mol. The number of nitrogens with zero attached hydrogens (tertiary/aromatic N) is 1. The Labute approximate surface area is 210 Å². The number of nitrogens with one attached hydrogen (secondary N) is 1. The molecule has 6 rings (SSSR count). The normalized spacial score (nSPS) is 27.3. The number of thioether (sulfide) groups is 1. The third-order valence-corrected chi connectivity index (χ3v) is 10.7. The van der Waals surface area contributed by atoms with E-state index in [4.69, 9.17) is 23.2 Å². The number of hydrogen-bond acceptors (Lipinski definition) is 4. The maximum absolute atomic E-state index is 13.1. The second-order valence-corrected chi connectivity index (χ2v) is 12.2. The Balaban J connectivity index is 1.36. The number of rotatable bonds is 4. The summed E-state index contributed by atoms with van der Waals surface area (Å²) in [6, 6.07) is 15.1. The summed E-state index contributed by atoms with van der Waals surface area (Å²) in [6.45, 7) is 0.0130. The summed E-state index contributed by atoms with van der Waals surface area (Å²) in [7, 11) is 0. The molecule has 2 aromatic carbocycles. The van der Waals surface area contributed by atoms with Gasteiger partial charge in [0, 0.05) is 31.8 Å². The third-order valence-electron chi connectivity index (χ3n) is 7.35. The summed E-state index contributed by atoms with van der Waals surface area (Å²) in [4.78, 5) is 27.0. The number of fused-ring (bicyclic) bond motifs is 6. The largest absolute Gasteiger partial charge is 0.325 e. The number of hydrogen-bond donors (Lipinski definition) is 1. The zero-order valence-electron chi connectivity index (χ0n) is 17.7. The van der Waals surface area contributed by atoms with E-state index < -0.39 is 0 Å². The quantitative estimate of drug-likeness (QED) is 0.430. The lowest BCUT2D eigenvalue weighted by molar-refractivity contribution is -0.116. The van der Waals surface area contributed by atoms with Crippen LogP contribution in [0, 0.1) is 17.8 Å². The van der Waals surface area contributed by atoms with Crippen molar-refractivity contribution in [3.05, 3.63) is 78.7 Å². The van der Waals surface area contributed by atoms with E-state index in [1.165, 1.54) is 36.2 Å². The minimum absolute atomic E-state index is 0.0130. The predicted octanol–water partition coefficient (Wildman–Crippen LogP) is 6.51. The standard InChI is InChI=1S/C25H22Cl2N2O2S2/c26-16-5-3-13(4-6-16)20-21-14-1-2-15(11-14)22(21)32-24-23(20)33-25(31)29(24)12-19(30)28-18-9-7-17(27)8-10-18/h3-10,14-15,20-22H,1-2,11-12H2,(H,28,30)/t14?,15?,20-,21?,22?/m0/s1. The molecule has 2 heterocycles. The number of halogens is 2. The Kier molecular flexibility index (Phi) is 5.60. The second-order valence-electron chi connectivity index (χ2n) is 9.20. The molecule has 0 spiro atoms. The van der Waals surface area contributed by atoms with Crippen molar-refractivity contribution in [3.63, 3.8) is 0 Å². The molecule has 0 radical (unpaired) electrons. The van der Waals surface area contributed by atoms with Gasteiger partial charge in [-0.05, 0) is 79.0 Å². The van der Waals surface area contributed by atoms with Crippen LogP contribution in [0.15, 0.2) is 58.4 Å². The summed E-state index contributed by atoms with van der Waals surface area (Å²) >= 11 is 15.3. The van der Waals surface area contributed by atoms with E-state index in [0.717, 1.165) is 14.9 Å². The summed E-state index contributed by atoms with van der Waals surface area (Å²) in [5.74, 6) is 1.92. The van der Waals surface area contributed by atoms with Crippen LogP contribution in [-0.2, 0) is 11.3 Å². The number of carbonyl (C=O) groups is 1. The fourth-order valence-corrected chi connectivity index (χ4v) is 9.41. The average Bonchev–Trinajstić information content (AvgIpc) is 3.49. The van der Waals surface area contributed by atoms with Crippen molar-refractivity contribution >= 4 is 57.9 Å². The molecule has 33 heavy (non-hydrogen) atoms. The number of aromatic nitrogens is 1. The topological polar surface area (TPSA) is 51.1 Å². The molecule has 4 nitrogen and oxygen atoms in total. The number of carbonyl (C=O) groups excluding carboxylic acids is 1. The number of anilines is 1. The summed E-state index contributed by atoms with van der Waals surface area (Å²) < 4.78 is 1.68. The monoisotopic (exact) mass is 516 g/mol. The lowest BCUT2D eigenvalue weighted by Crippen LogP contribution is -2.34. The van der Waals surface area contributed by atoms with Crippen molar-refractivity contribution in [3.8, 4) is 0 Å². The van der Waals surface area contributed by atoms with Gasteiger partial charge in [-0.1, -0.05) is 46.7 Å². The lowest BCUT2D eigenvalue weighted by Gasteiger charge is -2.40. The van der Waals surface area contributed by atoms with Gasteiger partial charge in [-0.15, -0.1) is 11.8 Å². The minimum Gasteiger partial charge on any atom is -0.325 e. The SMILES string of the molecule is O=C(Cn1c2c(sc1=O)[C@@H](c1ccc(Cl)cc1)C1C3CCC(C3)C1S2)Nc1ccc(Cl)cc1. The van der Waals surface area contributed by atoms with E-state index in [1.54, 1.807) is 28.8 Å². The molecular formula is C25H22Cl2N2O2S2. The highest BCUT2D eigenvalue weighted by Crippen LogP contribution is 2.64. The first-order chi connectivity index (χ1) is 16.0. The Morgan fingerprint density at radius 3 is 2.39 bits per heavy atom. The maximum Gasteiger partial charge on any atom is 0.308 e. The van der Waals surface area contributed by atoms with Crippen molar-refractivity contribution in [2.24, 2.45) is 17.8 Å². The molecule has 2 fully saturated rings. The van der Waals surface area contributed by atoms with E-state index in [9.17, 15) is 9.59 Å². The number of amides is 1. The van der Waals surface area contributed by atoms with Gasteiger partial charge < -0.3 is 5.32 Å². The lowest BCUT2D eigenvalue weighted by atomic mass is 9.75. The van der Waals surface area contributed by atoms with Crippen LogP contribution in [0.2, 0.25) is 10.0 Å². The number of benzene rings is 2. The van der Waals surface area contributed by atoms with Crippen LogP contribution < -0.4 is 10.2 Å². The van der Waals surface area contributed by atoms with Gasteiger partial charge in [-0.25, -0.2) is 0 Å². The molecule has 2 aliphatic carbocycles. The Hall–Kier alpha value is -1.73. The molecule has 3 aliphatic rings. The highest BCUT2D eigenvalue weighted by Gasteiger charge is 2.55. The van der Waals surface area contributed by atoms with Gasteiger partial charge in [0.25, 0.3) is 0 Å². The Morgan fingerprint density at radius 2 is 1.67 bits per heavy atom. The van der Waals surface area contributed by atoms with Gasteiger partial charge in [-0.3, -0.25) is 14.2 Å². The van der Waals surface area contributed by atoms with Gasteiger partial charge in [-0.2, -0.15) is 0 Å². The van der Waals surface area contributed by atoms with Crippen LogP contribution in [0.1, 0.15) is 35.6 Å². The molecule has 1 aliphatic heterocycles. The van der Waals surface area contributed by atoms with Crippen molar-refractivity contribution < 1.29 is 4.79 Å². The molecule has 1 amide bonds. The number of thiazole rings is 1. The van der Waals surface area contributed by atoms with E-state index in [-0.39, 0.29) is 23.2 Å². The third kappa shape index (κ3) is 3.85. The first kappa shape index (κ1) is 21.8. The Bertz CT molecular complexity index is 1270. The zero-order valence-corrected chi connectivity index (χ0v) is 20.8. The minimum atomic E-state index is -0.210. The van der Waals surface area contributed by atoms with Gasteiger partial charge in [0.15, 0.2) is 0 Å². The molecule has 1 aromatic heterocycles. The Morgan fingerprint density at radius 1 is 1.00 bits per heavy atom. The van der Waals surface area contributed by atoms with Crippen LogP contribution in [-0.4, -0.2) is 15.7 Å². The highest BCUT2D eigenvalue weighted by molar-refractivity contribution is 8.00. The second kappa shape index (κ2) is 8.49. The molecule has 2 saturated carbocycles. The molecule has 0 saturated heterocycles. The van der Waals surface area contributed by atoms with E-state index in [0.29, 0.717) is 33.7 Å². The zero-order chi connectivity index (χ0) is 22.7. The molecule has 1 N–H and O–H groups in total. The average molecular weight is 518 g/mol. The first-order valence-corrected chi connectivity index (χ1v) is 13.6. The molecule has 2 bridgehead atoms. The molecule has 3 aromatic rings. The van der Waals surface area contributed by atoms with Crippen molar-refractivity contribution in [2.45, 2.75) is 42.0 Å². The van der Waals surface area contributed by atoms with Gasteiger partial charge >= 0.3 is 4.87 Å². The first-order valence-electron chi connectivity index (χ1n) is 11.2. The van der Waals surface area contributed by atoms with Crippen LogP contribution in [0.5, 0.6) is 0 Å². The molecule has 5 atom stereocenters. The summed E-state index contributed by atoms with van der Waals surface area (Å²) in [5, 5.41) is 5.69. The van der Waals surface area contributed by atoms with Crippen molar-refractivity contribution in [1.82, 2.24) is 4.57 Å².